The molecule has 11 heteroatoms. The van der Waals surface area contributed by atoms with E-state index in [1.54, 1.807) is 23.4 Å². The van der Waals surface area contributed by atoms with Gasteiger partial charge in [-0.3, -0.25) is 9.97 Å². The number of alkyl carbamates (subject to hydrolysis) is 2. The van der Waals surface area contributed by atoms with Crippen LogP contribution in [0.5, 0.6) is 0 Å². The average molecular weight is 507 g/mol. The highest BCUT2D eigenvalue weighted by Crippen LogP contribution is 2.13. The lowest BCUT2D eigenvalue weighted by molar-refractivity contribution is 0.133. The third-order valence-corrected chi connectivity index (χ3v) is 6.85. The second-order valence-corrected chi connectivity index (χ2v) is 9.69. The molecule has 2 heterocycles. The topological polar surface area (TPSA) is 102 Å². The zero-order valence-corrected chi connectivity index (χ0v) is 20.8. The minimum Gasteiger partial charge on any atom is -0.444 e. The quantitative estimate of drug-likeness (QED) is 0.353. The SMILES string of the molecule is O=C(NC(CC[C@@H](CP)NC(=O)OCc1cncs1)Cc1ccccc1)OCc1cncs1. The third-order valence-electron chi connectivity index (χ3n) is 4.77. The summed E-state index contributed by atoms with van der Waals surface area (Å²) in [4.78, 5) is 34.3. The maximum Gasteiger partial charge on any atom is 0.407 e. The summed E-state index contributed by atoms with van der Waals surface area (Å²) in [6, 6.07) is 9.72. The van der Waals surface area contributed by atoms with Crippen molar-refractivity contribution in [1.29, 1.82) is 0 Å². The predicted molar refractivity (Wildman–Crippen MR) is 132 cm³/mol. The van der Waals surface area contributed by atoms with Crippen LogP contribution in [-0.4, -0.2) is 40.4 Å². The summed E-state index contributed by atoms with van der Waals surface area (Å²) in [7, 11) is 2.65. The van der Waals surface area contributed by atoms with Crippen LogP contribution in [0.25, 0.3) is 0 Å². The van der Waals surface area contributed by atoms with Crippen LogP contribution in [0.2, 0.25) is 0 Å². The molecular weight excluding hydrogens is 479 g/mol. The maximum atomic E-state index is 12.4. The molecule has 176 valence electrons. The van der Waals surface area contributed by atoms with E-state index in [1.165, 1.54) is 22.7 Å². The molecule has 0 saturated heterocycles. The first-order chi connectivity index (χ1) is 16.1. The van der Waals surface area contributed by atoms with Gasteiger partial charge < -0.3 is 20.1 Å². The Bertz CT molecular complexity index is 958. The number of nitrogens with zero attached hydrogens (tertiary/aromatic N) is 2. The molecule has 3 aromatic rings. The van der Waals surface area contributed by atoms with Gasteiger partial charge in [0.2, 0.25) is 0 Å². The van der Waals surface area contributed by atoms with Crippen molar-refractivity contribution in [3.05, 3.63) is 69.1 Å². The first-order valence-corrected chi connectivity index (χ1v) is 13.0. The molecule has 0 aliphatic rings. The van der Waals surface area contributed by atoms with E-state index in [9.17, 15) is 9.59 Å². The number of thiazole rings is 2. The molecule has 0 fully saturated rings. The molecule has 0 bridgehead atoms. The van der Waals surface area contributed by atoms with E-state index in [1.807, 2.05) is 30.3 Å². The van der Waals surface area contributed by atoms with E-state index in [-0.39, 0.29) is 25.3 Å². The number of aromatic nitrogens is 2. The van der Waals surface area contributed by atoms with E-state index >= 15 is 0 Å². The molecule has 0 aliphatic heterocycles. The number of hydrogen-bond acceptors (Lipinski definition) is 8. The van der Waals surface area contributed by atoms with Gasteiger partial charge in [0.05, 0.1) is 20.8 Å². The van der Waals surface area contributed by atoms with Crippen molar-refractivity contribution in [2.24, 2.45) is 0 Å². The molecule has 0 spiro atoms. The third kappa shape index (κ3) is 9.45. The standard InChI is InChI=1S/C22H27N4O4PS2/c27-21(29-11-19-9-23-14-32-19)25-17(8-16-4-2-1-3-5-16)6-7-18(13-31)26-22(28)30-12-20-10-24-15-33-20/h1-5,9-10,14-15,17-18H,6-8,11-13,31H2,(H,25,27)(H,26,28)/t17?,18-/m0/s1. The van der Waals surface area contributed by atoms with Crippen LogP contribution in [0.4, 0.5) is 9.59 Å². The Morgan fingerprint density at radius 3 is 1.94 bits per heavy atom. The number of rotatable bonds is 12. The summed E-state index contributed by atoms with van der Waals surface area (Å²) in [5, 5.41) is 5.87. The summed E-state index contributed by atoms with van der Waals surface area (Å²) >= 11 is 2.88. The van der Waals surface area contributed by atoms with Crippen molar-refractivity contribution in [2.45, 2.75) is 44.6 Å². The van der Waals surface area contributed by atoms with Gasteiger partial charge in [-0.25, -0.2) is 9.59 Å². The smallest absolute Gasteiger partial charge is 0.407 e. The van der Waals surface area contributed by atoms with Gasteiger partial charge in [0.15, 0.2) is 0 Å². The summed E-state index contributed by atoms with van der Waals surface area (Å²) < 4.78 is 10.6. The Labute approximate surface area is 203 Å². The summed E-state index contributed by atoms with van der Waals surface area (Å²) in [5.41, 5.74) is 4.52. The Hall–Kier alpha value is -2.55. The van der Waals surface area contributed by atoms with Crippen LogP contribution in [0.3, 0.4) is 0 Å². The molecule has 2 N–H and O–H groups in total. The second-order valence-electron chi connectivity index (χ2n) is 7.27. The lowest BCUT2D eigenvalue weighted by Crippen LogP contribution is -2.40. The molecule has 33 heavy (non-hydrogen) atoms. The normalized spacial score (nSPS) is 12.5. The van der Waals surface area contributed by atoms with Crippen molar-refractivity contribution in [3.8, 4) is 0 Å². The van der Waals surface area contributed by atoms with E-state index in [0.717, 1.165) is 15.3 Å². The molecule has 2 amide bonds. The highest BCUT2D eigenvalue weighted by Gasteiger charge is 2.18. The van der Waals surface area contributed by atoms with Gasteiger partial charge >= 0.3 is 12.2 Å². The van der Waals surface area contributed by atoms with E-state index in [4.69, 9.17) is 9.47 Å². The van der Waals surface area contributed by atoms with E-state index < -0.39 is 12.2 Å². The lowest BCUT2D eigenvalue weighted by Gasteiger charge is -2.22. The first-order valence-electron chi connectivity index (χ1n) is 10.5. The molecule has 8 nitrogen and oxygen atoms in total. The Kier molecular flexibility index (Phi) is 10.5. The van der Waals surface area contributed by atoms with Crippen LogP contribution in [-0.2, 0) is 29.1 Å². The van der Waals surface area contributed by atoms with Gasteiger partial charge in [-0.05, 0) is 31.0 Å². The fourth-order valence-electron chi connectivity index (χ4n) is 3.09. The van der Waals surface area contributed by atoms with Gasteiger partial charge in [0.25, 0.3) is 0 Å². The molecule has 1 aromatic carbocycles. The number of hydrogen-bond donors (Lipinski definition) is 2. The van der Waals surface area contributed by atoms with Gasteiger partial charge in [0.1, 0.15) is 13.2 Å². The minimum atomic E-state index is -0.469. The zero-order chi connectivity index (χ0) is 23.3. The molecule has 0 radical (unpaired) electrons. The zero-order valence-electron chi connectivity index (χ0n) is 18.0. The van der Waals surface area contributed by atoms with E-state index in [0.29, 0.717) is 25.4 Å². The summed E-state index contributed by atoms with van der Waals surface area (Å²) in [6.45, 7) is 0.389. The Morgan fingerprint density at radius 1 is 0.879 bits per heavy atom. The van der Waals surface area contributed by atoms with Crippen molar-refractivity contribution in [2.75, 3.05) is 6.16 Å². The fourth-order valence-corrected chi connectivity index (χ4v) is 4.46. The molecule has 0 aliphatic carbocycles. The van der Waals surface area contributed by atoms with Gasteiger partial charge in [-0.1, -0.05) is 30.3 Å². The number of carbonyl (C=O) groups excluding carboxylic acids is 2. The molecule has 2 unspecified atom stereocenters. The fraction of sp³-hybridized carbons (Fsp3) is 0.364. The van der Waals surface area contributed by atoms with Crippen LogP contribution >= 0.6 is 31.9 Å². The number of amides is 2. The number of benzene rings is 1. The average Bonchev–Trinajstić information content (AvgIpc) is 3.54. The number of nitrogens with one attached hydrogen (secondary N) is 2. The van der Waals surface area contributed by atoms with Crippen molar-refractivity contribution >= 4 is 44.1 Å². The molecule has 2 aromatic heterocycles. The number of carbonyl (C=O) groups is 2. The second kappa shape index (κ2) is 13.9. The first kappa shape index (κ1) is 25.1. The van der Waals surface area contributed by atoms with E-state index in [2.05, 4.69) is 29.8 Å². The molecule has 3 rings (SSSR count). The van der Waals surface area contributed by atoms with Crippen molar-refractivity contribution < 1.29 is 19.1 Å². The van der Waals surface area contributed by atoms with Crippen LogP contribution in [0.1, 0.15) is 28.2 Å². The molecular formula is C22H27N4O4PS2. The highest BCUT2D eigenvalue weighted by atomic mass is 32.1. The highest BCUT2D eigenvalue weighted by molar-refractivity contribution is 7.16. The Balaban J connectivity index is 1.49. The summed E-state index contributed by atoms with van der Waals surface area (Å²) in [6.07, 6.45) is 5.10. The van der Waals surface area contributed by atoms with Gasteiger partial charge in [-0.2, -0.15) is 0 Å². The van der Waals surface area contributed by atoms with Gasteiger partial charge in [0, 0.05) is 24.5 Å². The maximum absolute atomic E-state index is 12.4. The Morgan fingerprint density at radius 2 is 1.42 bits per heavy atom. The monoisotopic (exact) mass is 506 g/mol. The van der Waals surface area contributed by atoms with Crippen LogP contribution in [0.15, 0.2) is 53.7 Å². The lowest BCUT2D eigenvalue weighted by atomic mass is 10.00. The summed E-state index contributed by atoms with van der Waals surface area (Å²) in [5.74, 6) is 0. The number of ether oxygens (including phenoxy) is 2. The minimum absolute atomic E-state index is 0.0998. The van der Waals surface area contributed by atoms with Crippen molar-refractivity contribution in [3.63, 3.8) is 0 Å². The van der Waals surface area contributed by atoms with Crippen molar-refractivity contribution in [1.82, 2.24) is 20.6 Å². The van der Waals surface area contributed by atoms with Crippen LogP contribution in [0, 0.1) is 0 Å². The van der Waals surface area contributed by atoms with Gasteiger partial charge in [-0.15, -0.1) is 31.9 Å². The largest absolute Gasteiger partial charge is 0.444 e. The van der Waals surface area contributed by atoms with Crippen LogP contribution < -0.4 is 10.6 Å². The molecule has 3 atom stereocenters. The predicted octanol–water partition coefficient (Wildman–Crippen LogP) is 4.39. The molecule has 0 saturated carbocycles.